The first-order valence-corrected chi connectivity index (χ1v) is 9.96. The minimum Gasteiger partial charge on any atom is -0.481 e. The van der Waals surface area contributed by atoms with Crippen molar-refractivity contribution in [2.45, 2.75) is 26.2 Å². The topological polar surface area (TPSA) is 89.9 Å². The lowest BCUT2D eigenvalue weighted by atomic mass is 10.0. The Morgan fingerprint density at radius 3 is 2.60 bits per heavy atom. The largest absolute Gasteiger partial charge is 0.481 e. The van der Waals surface area contributed by atoms with Gasteiger partial charge in [0.25, 0.3) is 0 Å². The van der Waals surface area contributed by atoms with Gasteiger partial charge >= 0.3 is 6.01 Å². The summed E-state index contributed by atoms with van der Waals surface area (Å²) in [5, 5.41) is 7.61. The molecule has 0 spiro atoms. The lowest BCUT2D eigenvalue weighted by Gasteiger charge is -2.13. The third-order valence-corrected chi connectivity index (χ3v) is 4.24. The highest BCUT2D eigenvalue weighted by Crippen LogP contribution is 2.28. The van der Waals surface area contributed by atoms with Gasteiger partial charge in [0.2, 0.25) is 11.8 Å². The molecule has 0 fully saturated rings. The summed E-state index contributed by atoms with van der Waals surface area (Å²) >= 11 is 5.17. The molecule has 30 heavy (non-hydrogen) atoms. The molecule has 0 atom stereocenters. The average Bonchev–Trinajstić information content (AvgIpc) is 2.77. The lowest BCUT2D eigenvalue weighted by Crippen LogP contribution is -2.31. The number of ether oxygens (including phenoxy) is 3. The van der Waals surface area contributed by atoms with Crippen molar-refractivity contribution in [3.63, 3.8) is 0 Å². The number of unbranched alkanes of at least 4 members (excludes halogenated alkanes) is 1. The molecule has 0 saturated heterocycles. The standard InChI is InChI=1S/C21H27N5O3S/c1-5-7-9-15-10-8-11-17(16(15)14-23-26-21(30)22-12-6-2)29-20-24-18(27-3)13-19(25-20)28-4/h6,8,10-11,13-14H,2,5,7,9,12H2,1,3-4H3,(H2,22,26,30). The summed E-state index contributed by atoms with van der Waals surface area (Å²) in [7, 11) is 3.04. The predicted molar refractivity (Wildman–Crippen MR) is 122 cm³/mol. The number of hydrazone groups is 1. The van der Waals surface area contributed by atoms with Crippen molar-refractivity contribution in [1.29, 1.82) is 0 Å². The minimum absolute atomic E-state index is 0.115. The van der Waals surface area contributed by atoms with Crippen LogP contribution in [0.2, 0.25) is 0 Å². The number of nitrogens with one attached hydrogen (secondary N) is 2. The smallest absolute Gasteiger partial charge is 0.328 e. The van der Waals surface area contributed by atoms with Crippen LogP contribution in [0, 0.1) is 0 Å². The molecule has 1 heterocycles. The van der Waals surface area contributed by atoms with Crippen LogP contribution < -0.4 is 25.0 Å². The minimum atomic E-state index is 0.115. The van der Waals surface area contributed by atoms with Crippen LogP contribution in [0.1, 0.15) is 30.9 Å². The van der Waals surface area contributed by atoms with E-state index in [4.69, 9.17) is 26.4 Å². The quantitative estimate of drug-likeness (QED) is 0.242. The summed E-state index contributed by atoms with van der Waals surface area (Å²) in [5.41, 5.74) is 4.70. The third kappa shape index (κ3) is 7.00. The molecule has 0 saturated carbocycles. The second kappa shape index (κ2) is 12.4. The normalized spacial score (nSPS) is 10.5. The molecule has 0 amide bonds. The zero-order valence-electron chi connectivity index (χ0n) is 17.5. The summed E-state index contributed by atoms with van der Waals surface area (Å²) in [6, 6.07) is 7.50. The third-order valence-electron chi connectivity index (χ3n) is 4.00. The van der Waals surface area contributed by atoms with E-state index in [0.717, 1.165) is 30.4 Å². The Hall–Kier alpha value is -3.20. The molecule has 2 N–H and O–H groups in total. The van der Waals surface area contributed by atoms with Crippen molar-refractivity contribution < 1.29 is 14.2 Å². The first-order valence-electron chi connectivity index (χ1n) is 9.55. The van der Waals surface area contributed by atoms with Crippen molar-refractivity contribution in [2.75, 3.05) is 20.8 Å². The number of thiocarbonyl (C=S) groups is 1. The molecule has 0 bridgehead atoms. The first-order chi connectivity index (χ1) is 14.6. The number of hydrogen-bond donors (Lipinski definition) is 2. The molecule has 1 aromatic heterocycles. The second-order valence-corrected chi connectivity index (χ2v) is 6.55. The van der Waals surface area contributed by atoms with Crippen molar-refractivity contribution in [1.82, 2.24) is 20.7 Å². The zero-order chi connectivity index (χ0) is 21.8. The molecule has 0 radical (unpaired) electrons. The number of hydrogen-bond acceptors (Lipinski definition) is 7. The molecular formula is C21H27N5O3S. The molecule has 0 aliphatic carbocycles. The highest BCUT2D eigenvalue weighted by molar-refractivity contribution is 7.80. The monoisotopic (exact) mass is 429 g/mol. The predicted octanol–water partition coefficient (Wildman–Crippen LogP) is 3.61. The van der Waals surface area contributed by atoms with Gasteiger partial charge in [-0.25, -0.2) is 0 Å². The zero-order valence-corrected chi connectivity index (χ0v) is 18.3. The first kappa shape index (κ1) is 23.1. The fourth-order valence-corrected chi connectivity index (χ4v) is 2.64. The van der Waals surface area contributed by atoms with Crippen molar-refractivity contribution in [2.24, 2.45) is 5.10 Å². The number of methoxy groups -OCH3 is 2. The summed E-state index contributed by atoms with van der Waals surface area (Å²) in [4.78, 5) is 8.47. The number of aryl methyl sites for hydroxylation is 1. The molecule has 160 valence electrons. The Labute approximate surface area is 182 Å². The molecular weight excluding hydrogens is 402 g/mol. The van der Waals surface area contributed by atoms with E-state index in [1.807, 2.05) is 18.2 Å². The fourth-order valence-electron chi connectivity index (χ4n) is 2.51. The molecule has 0 aliphatic heterocycles. The van der Waals surface area contributed by atoms with Crippen LogP contribution in [0.3, 0.4) is 0 Å². The Kier molecular flexibility index (Phi) is 9.53. The van der Waals surface area contributed by atoms with Gasteiger partial charge in [-0.15, -0.1) is 6.58 Å². The van der Waals surface area contributed by atoms with Gasteiger partial charge < -0.3 is 19.5 Å². The maximum atomic E-state index is 5.97. The molecule has 1 aromatic carbocycles. The Balaban J connectivity index is 2.32. The van der Waals surface area contributed by atoms with Gasteiger partial charge in [0.05, 0.1) is 26.5 Å². The van der Waals surface area contributed by atoms with Crippen LogP contribution in [0.15, 0.2) is 42.0 Å². The van der Waals surface area contributed by atoms with Gasteiger partial charge in [0.1, 0.15) is 5.75 Å². The van der Waals surface area contributed by atoms with Gasteiger partial charge in [0, 0.05) is 12.1 Å². The number of rotatable bonds is 11. The number of aromatic nitrogens is 2. The van der Waals surface area contributed by atoms with Gasteiger partial charge in [-0.05, 0) is 36.7 Å². The average molecular weight is 430 g/mol. The van der Waals surface area contributed by atoms with E-state index in [2.05, 4.69) is 39.3 Å². The van der Waals surface area contributed by atoms with Crippen LogP contribution in [0.5, 0.6) is 23.5 Å². The van der Waals surface area contributed by atoms with Gasteiger partial charge in [-0.2, -0.15) is 15.1 Å². The van der Waals surface area contributed by atoms with Crippen LogP contribution >= 0.6 is 12.2 Å². The van der Waals surface area contributed by atoms with E-state index in [0.29, 0.717) is 29.2 Å². The van der Waals surface area contributed by atoms with Gasteiger partial charge in [-0.1, -0.05) is 31.6 Å². The Bertz CT molecular complexity index is 867. The van der Waals surface area contributed by atoms with E-state index in [-0.39, 0.29) is 6.01 Å². The van der Waals surface area contributed by atoms with Crippen LogP contribution in [0.4, 0.5) is 0 Å². The molecule has 0 aliphatic rings. The molecule has 8 nitrogen and oxygen atoms in total. The molecule has 0 unspecified atom stereocenters. The highest BCUT2D eigenvalue weighted by Gasteiger charge is 2.13. The highest BCUT2D eigenvalue weighted by atomic mass is 32.1. The Morgan fingerprint density at radius 2 is 1.97 bits per heavy atom. The Morgan fingerprint density at radius 1 is 1.23 bits per heavy atom. The molecule has 2 aromatic rings. The number of benzene rings is 1. The summed E-state index contributed by atoms with van der Waals surface area (Å²) in [5.74, 6) is 1.25. The van der Waals surface area contributed by atoms with E-state index in [1.54, 1.807) is 18.4 Å². The van der Waals surface area contributed by atoms with E-state index in [1.165, 1.54) is 14.2 Å². The van der Waals surface area contributed by atoms with Gasteiger partial charge in [-0.3, -0.25) is 5.43 Å². The van der Waals surface area contributed by atoms with Crippen LogP contribution in [0.25, 0.3) is 0 Å². The van der Waals surface area contributed by atoms with Crippen molar-refractivity contribution in [3.8, 4) is 23.5 Å². The second-order valence-electron chi connectivity index (χ2n) is 6.14. The van der Waals surface area contributed by atoms with E-state index in [9.17, 15) is 0 Å². The summed E-state index contributed by atoms with van der Waals surface area (Å²) < 4.78 is 16.4. The lowest BCUT2D eigenvalue weighted by molar-refractivity contribution is 0.348. The maximum absolute atomic E-state index is 5.97. The van der Waals surface area contributed by atoms with Crippen LogP contribution in [-0.4, -0.2) is 42.1 Å². The summed E-state index contributed by atoms with van der Waals surface area (Å²) in [6.07, 6.45) is 6.40. The van der Waals surface area contributed by atoms with E-state index >= 15 is 0 Å². The van der Waals surface area contributed by atoms with Crippen molar-refractivity contribution in [3.05, 3.63) is 48.0 Å². The van der Waals surface area contributed by atoms with E-state index < -0.39 is 0 Å². The summed E-state index contributed by atoms with van der Waals surface area (Å²) in [6.45, 7) is 6.34. The maximum Gasteiger partial charge on any atom is 0.328 e. The molecule has 9 heteroatoms. The van der Waals surface area contributed by atoms with Crippen molar-refractivity contribution >= 4 is 23.5 Å². The fraction of sp³-hybridized carbons (Fsp3) is 0.333. The van der Waals surface area contributed by atoms with Gasteiger partial charge in [0.15, 0.2) is 5.11 Å². The SMILES string of the molecule is C=CCNC(=S)NN=Cc1c(CCCC)cccc1Oc1nc(OC)cc(OC)n1. The number of nitrogens with zero attached hydrogens (tertiary/aromatic N) is 3. The van der Waals surface area contributed by atoms with Crippen LogP contribution in [-0.2, 0) is 6.42 Å². The molecule has 2 rings (SSSR count).